The summed E-state index contributed by atoms with van der Waals surface area (Å²) in [6.45, 7) is 29.9. The van der Waals surface area contributed by atoms with E-state index in [9.17, 15) is 0 Å². The van der Waals surface area contributed by atoms with E-state index in [2.05, 4.69) is 86.2 Å². The maximum atomic E-state index is 4.98. The van der Waals surface area contributed by atoms with Crippen molar-refractivity contribution in [3.63, 3.8) is 0 Å². The Kier molecular flexibility index (Phi) is 20.9. The fraction of sp³-hybridized carbons (Fsp3) is 0.867. The zero-order valence-corrected chi connectivity index (χ0v) is 32.6. The summed E-state index contributed by atoms with van der Waals surface area (Å²) in [6.07, 6.45) is 9.34. The Bertz CT molecular complexity index is 587. The molecule has 36 heavy (non-hydrogen) atoms. The molecule has 0 N–H and O–H groups in total. The molecule has 0 bridgehead atoms. The van der Waals surface area contributed by atoms with Crippen LogP contribution in [0, 0.1) is 50.4 Å². The Morgan fingerprint density at radius 1 is 1.03 bits per heavy atom. The molecule has 0 aliphatic carbocycles. The van der Waals surface area contributed by atoms with Crippen LogP contribution in [0.1, 0.15) is 92.9 Å². The van der Waals surface area contributed by atoms with E-state index in [-0.39, 0.29) is 80.5 Å². The predicted octanol–water partition coefficient (Wildman–Crippen LogP) is 7.72. The van der Waals surface area contributed by atoms with Crippen molar-refractivity contribution in [2.45, 2.75) is 108 Å². The van der Waals surface area contributed by atoms with Gasteiger partial charge in [-0.05, 0) is 58.3 Å². The quantitative estimate of drug-likeness (QED) is 0.226. The van der Waals surface area contributed by atoms with E-state index < -0.39 is 0 Å². The molecule has 6 heteroatoms. The molecule has 2 radical (unpaired) electrons. The van der Waals surface area contributed by atoms with E-state index in [1.165, 1.54) is 45.2 Å². The molecule has 0 amide bonds. The molecule has 0 spiro atoms. The first-order valence-electron chi connectivity index (χ1n) is 13.7. The fourth-order valence-corrected chi connectivity index (χ4v) is 7.26. The van der Waals surface area contributed by atoms with Crippen LogP contribution in [0.15, 0.2) is 0 Å². The zero-order valence-electron chi connectivity index (χ0n) is 25.2. The summed E-state index contributed by atoms with van der Waals surface area (Å²) in [5, 5.41) is 0. The molecule has 7 unspecified atom stereocenters. The Morgan fingerprint density at radius 2 is 1.61 bits per heavy atom. The minimum atomic E-state index is -0.105. The largest absolute Gasteiger partial charge is 0.343 e. The van der Waals surface area contributed by atoms with Gasteiger partial charge >= 0.3 is 0 Å². The monoisotopic (exact) mass is 688 g/mol. The summed E-state index contributed by atoms with van der Waals surface area (Å²) < 4.78 is 0.0671. The Hall–Kier alpha value is 2.83. The zero-order chi connectivity index (χ0) is 26.3. The molecular weight excluding hydrogens is 630 g/mol. The molecule has 0 aromatic rings. The second kappa shape index (κ2) is 18.4. The van der Waals surface area contributed by atoms with Gasteiger partial charge in [-0.15, -0.1) is 4.75 Å². The first kappa shape index (κ1) is 41.0. The summed E-state index contributed by atoms with van der Waals surface area (Å²) in [7, 11) is 4.43. The molecule has 2 aliphatic heterocycles. The van der Waals surface area contributed by atoms with Crippen LogP contribution in [0.2, 0.25) is 0 Å². The predicted molar refractivity (Wildman–Crippen MR) is 161 cm³/mol. The molecular formula is C30H58N2S2Y2-4. The van der Waals surface area contributed by atoms with E-state index in [1.54, 1.807) is 5.92 Å². The Morgan fingerprint density at radius 3 is 2.14 bits per heavy atom. The van der Waals surface area contributed by atoms with Crippen LogP contribution in [-0.4, -0.2) is 58.6 Å². The number of hydrogen-bond donors (Lipinski definition) is 2. The van der Waals surface area contributed by atoms with Gasteiger partial charge in [-0.2, -0.15) is 37.8 Å². The average Bonchev–Trinajstić information content (AvgIpc) is 2.68. The first-order valence-corrected chi connectivity index (χ1v) is 14.6. The van der Waals surface area contributed by atoms with Gasteiger partial charge in [0.1, 0.15) is 0 Å². The maximum absolute atomic E-state index is 4.98. The van der Waals surface area contributed by atoms with Crippen LogP contribution in [0.3, 0.4) is 0 Å². The van der Waals surface area contributed by atoms with Gasteiger partial charge in [0, 0.05) is 76.7 Å². The summed E-state index contributed by atoms with van der Waals surface area (Å²) in [4.78, 5) is 4.87. The van der Waals surface area contributed by atoms with E-state index in [0.717, 1.165) is 37.6 Å². The van der Waals surface area contributed by atoms with Crippen LogP contribution in [-0.2, 0) is 65.4 Å². The van der Waals surface area contributed by atoms with Gasteiger partial charge < -0.3 is 30.6 Å². The van der Waals surface area contributed by atoms with Crippen molar-refractivity contribution in [3.05, 3.63) is 26.7 Å². The third-order valence-electron chi connectivity index (χ3n) is 8.37. The van der Waals surface area contributed by atoms with Crippen LogP contribution >= 0.6 is 25.3 Å². The molecule has 0 aromatic heterocycles. The van der Waals surface area contributed by atoms with Gasteiger partial charge in [0.15, 0.2) is 0 Å². The second-order valence-electron chi connectivity index (χ2n) is 12.8. The maximum Gasteiger partial charge on any atom is 0.000843 e. The normalized spacial score (nSPS) is 36.9. The van der Waals surface area contributed by atoms with Crippen molar-refractivity contribution >= 4 is 25.3 Å². The van der Waals surface area contributed by atoms with Crippen LogP contribution in [0.25, 0.3) is 0 Å². The van der Waals surface area contributed by atoms with Crippen molar-refractivity contribution < 1.29 is 65.4 Å². The van der Waals surface area contributed by atoms with Crippen molar-refractivity contribution in [1.82, 2.24) is 9.80 Å². The van der Waals surface area contributed by atoms with Gasteiger partial charge in [-0.3, -0.25) is 5.92 Å². The van der Waals surface area contributed by atoms with Crippen LogP contribution in [0.4, 0.5) is 0 Å². The van der Waals surface area contributed by atoms with Gasteiger partial charge in [0.05, 0.1) is 0 Å². The molecule has 2 saturated heterocycles. The van der Waals surface area contributed by atoms with Gasteiger partial charge in [-0.1, -0.05) is 65.8 Å². The fourth-order valence-electron chi connectivity index (χ4n) is 6.18. The molecule has 0 saturated carbocycles. The third kappa shape index (κ3) is 13.2. The van der Waals surface area contributed by atoms with Crippen molar-refractivity contribution in [3.8, 4) is 0 Å². The van der Waals surface area contributed by atoms with Crippen molar-refractivity contribution in [1.29, 1.82) is 0 Å². The van der Waals surface area contributed by atoms with E-state index in [1.807, 2.05) is 0 Å². The molecule has 2 aliphatic rings. The standard InChI is InChI=1S/2C15H29NS.2Y/c1-12(2)10-14(4)15(5,17)11-13(3)8-7-9-16(14)6;1-6-12(2)9-14-7-8-16(5)11-13(3)10-15(14,4)17;;/h12-13,17H,1,4,7-11H2,2-3,5-6H3;12-13,17H,1,6-11H2,2-5H3;;/q2*-2;;. The summed E-state index contributed by atoms with van der Waals surface area (Å²) >= 11 is 9.93. The van der Waals surface area contributed by atoms with E-state index in [0.29, 0.717) is 11.8 Å². The topological polar surface area (TPSA) is 6.48 Å². The molecule has 2 nitrogen and oxygen atoms in total. The molecule has 2 heterocycles. The number of rotatable bonds is 5. The van der Waals surface area contributed by atoms with Crippen LogP contribution < -0.4 is 0 Å². The minimum Gasteiger partial charge on any atom is -0.343 e. The SMILES string of the molecule is [CH2-]C(C)CC1([CH2-])N(C)CCCC(C)CC1(C)S.[CH2-]CC(C)C[C-]1CCN(C)CC(C)CC1(C)S.[Y].[Y]. The number of nitrogens with zero attached hydrogens (tertiary/aromatic N) is 2. The van der Waals surface area contributed by atoms with Crippen molar-refractivity contribution in [2.75, 3.05) is 33.7 Å². The third-order valence-corrected chi connectivity index (χ3v) is 9.47. The van der Waals surface area contributed by atoms with E-state index in [4.69, 9.17) is 25.3 Å². The molecule has 2 fully saturated rings. The molecule has 0 aromatic carbocycles. The van der Waals surface area contributed by atoms with Gasteiger partial charge in [-0.25, -0.2) is 12.6 Å². The second-order valence-corrected chi connectivity index (χ2v) is 14.8. The van der Waals surface area contributed by atoms with Gasteiger partial charge in [0.2, 0.25) is 0 Å². The summed E-state index contributed by atoms with van der Waals surface area (Å²) in [6, 6.07) is 0. The van der Waals surface area contributed by atoms with Crippen LogP contribution in [0.5, 0.6) is 0 Å². The average molecular weight is 689 g/mol. The molecule has 7 atom stereocenters. The minimum absolute atomic E-state index is 0. The number of hydrogen-bond acceptors (Lipinski definition) is 4. The summed E-state index contributed by atoms with van der Waals surface area (Å²) in [5.74, 6) is 4.21. The molecule has 2 rings (SSSR count). The Balaban J connectivity index is 0. The Labute approximate surface area is 289 Å². The van der Waals surface area contributed by atoms with E-state index >= 15 is 0 Å². The smallest absolute Gasteiger partial charge is 0.000843 e. The van der Waals surface area contributed by atoms with Crippen molar-refractivity contribution in [2.24, 2.45) is 23.7 Å². The number of likely N-dealkylation sites (tertiary alicyclic amines) is 2. The number of thiol groups is 2. The summed E-state index contributed by atoms with van der Waals surface area (Å²) in [5.41, 5.74) is -0.105. The first-order chi connectivity index (χ1) is 15.5. The molecule has 210 valence electrons. The van der Waals surface area contributed by atoms with Gasteiger partial charge in [0.25, 0.3) is 0 Å².